The Morgan fingerprint density at radius 3 is 2.67 bits per heavy atom. The van der Waals surface area contributed by atoms with Crippen molar-refractivity contribution in [2.24, 2.45) is 0 Å². The number of carbonyl (C=O) groups is 2. The molecule has 6 heteroatoms. The maximum Gasteiger partial charge on any atom is 0.322 e. The average Bonchev–Trinajstić information content (AvgIpc) is 3.14. The van der Waals surface area contributed by atoms with E-state index < -0.39 is 0 Å². The summed E-state index contributed by atoms with van der Waals surface area (Å²) >= 11 is 0. The average molecular weight is 365 g/mol. The van der Waals surface area contributed by atoms with Crippen LogP contribution in [0.5, 0.6) is 0 Å². The Balaban J connectivity index is 1.50. The van der Waals surface area contributed by atoms with E-state index in [0.717, 1.165) is 16.8 Å². The molecule has 0 radical (unpaired) electrons. The summed E-state index contributed by atoms with van der Waals surface area (Å²) in [6, 6.07) is 15.4. The lowest BCUT2D eigenvalue weighted by Crippen LogP contribution is -2.42. The molecule has 0 bridgehead atoms. The fourth-order valence-corrected chi connectivity index (χ4v) is 3.68. The number of carbonyl (C=O) groups excluding carboxylic acids is 2. The van der Waals surface area contributed by atoms with Gasteiger partial charge in [-0.3, -0.25) is 9.69 Å². The van der Waals surface area contributed by atoms with E-state index in [9.17, 15) is 9.59 Å². The number of benzene rings is 2. The molecule has 2 aliphatic heterocycles. The first-order chi connectivity index (χ1) is 13.1. The van der Waals surface area contributed by atoms with Crippen molar-refractivity contribution >= 4 is 17.6 Å². The van der Waals surface area contributed by atoms with E-state index >= 15 is 0 Å². The second kappa shape index (κ2) is 7.40. The van der Waals surface area contributed by atoms with Crippen molar-refractivity contribution in [1.82, 2.24) is 10.2 Å². The van der Waals surface area contributed by atoms with Crippen LogP contribution in [0.25, 0.3) is 0 Å². The van der Waals surface area contributed by atoms with Crippen LogP contribution in [0.3, 0.4) is 0 Å². The number of hydrogen-bond acceptors (Lipinski definition) is 3. The fraction of sp³-hybridized carbons (Fsp3) is 0.333. The van der Waals surface area contributed by atoms with Crippen LogP contribution in [0.4, 0.5) is 10.5 Å². The molecule has 1 atom stereocenters. The van der Waals surface area contributed by atoms with E-state index in [0.29, 0.717) is 38.3 Å². The molecule has 0 saturated carbocycles. The van der Waals surface area contributed by atoms with Crippen molar-refractivity contribution in [2.45, 2.75) is 13.0 Å². The first kappa shape index (κ1) is 17.5. The topological polar surface area (TPSA) is 61.9 Å². The zero-order valence-corrected chi connectivity index (χ0v) is 15.4. The highest BCUT2D eigenvalue weighted by Crippen LogP contribution is 2.26. The summed E-state index contributed by atoms with van der Waals surface area (Å²) in [5.74, 6) is -0.000227. The second-order valence-corrected chi connectivity index (χ2v) is 6.91. The molecule has 0 aliphatic carbocycles. The zero-order valence-electron chi connectivity index (χ0n) is 15.4. The Morgan fingerprint density at radius 1 is 1.15 bits per heavy atom. The van der Waals surface area contributed by atoms with Gasteiger partial charge in [-0.15, -0.1) is 0 Å². The lowest BCUT2D eigenvalue weighted by atomic mass is 10.1. The number of anilines is 1. The summed E-state index contributed by atoms with van der Waals surface area (Å²) in [6.45, 7) is 4.87. The van der Waals surface area contributed by atoms with E-state index in [1.807, 2.05) is 60.4 Å². The predicted octanol–water partition coefficient (Wildman–Crippen LogP) is 2.74. The zero-order chi connectivity index (χ0) is 18.8. The first-order valence-corrected chi connectivity index (χ1v) is 9.25. The number of nitrogens with one attached hydrogen (secondary N) is 1. The van der Waals surface area contributed by atoms with Gasteiger partial charge in [-0.25, -0.2) is 4.79 Å². The van der Waals surface area contributed by atoms with Crippen molar-refractivity contribution in [3.05, 3.63) is 65.2 Å². The maximum absolute atomic E-state index is 13.0. The molecule has 27 heavy (non-hydrogen) atoms. The highest BCUT2D eigenvalue weighted by molar-refractivity contribution is 5.98. The third-order valence-corrected chi connectivity index (χ3v) is 5.12. The molecule has 1 N–H and O–H groups in total. The predicted molar refractivity (Wildman–Crippen MR) is 103 cm³/mol. The van der Waals surface area contributed by atoms with Gasteiger partial charge in [0.15, 0.2) is 0 Å². The van der Waals surface area contributed by atoms with Crippen LogP contribution in [0.15, 0.2) is 48.5 Å². The molecule has 0 unspecified atom stereocenters. The number of rotatable bonds is 3. The minimum Gasteiger partial charge on any atom is -0.370 e. The van der Waals surface area contributed by atoms with Crippen LogP contribution >= 0.6 is 0 Å². The molecule has 4 rings (SSSR count). The monoisotopic (exact) mass is 365 g/mol. The van der Waals surface area contributed by atoms with E-state index in [4.69, 9.17) is 4.74 Å². The molecule has 2 aliphatic rings. The van der Waals surface area contributed by atoms with Gasteiger partial charge >= 0.3 is 6.03 Å². The molecule has 140 valence electrons. The molecule has 0 spiro atoms. The van der Waals surface area contributed by atoms with Crippen LogP contribution in [0, 0.1) is 6.92 Å². The molecule has 2 aromatic rings. The van der Waals surface area contributed by atoms with Crippen LogP contribution in [-0.2, 0) is 4.74 Å². The molecule has 2 aromatic carbocycles. The highest BCUT2D eigenvalue weighted by Gasteiger charge is 2.27. The highest BCUT2D eigenvalue weighted by atomic mass is 16.5. The third-order valence-electron chi connectivity index (χ3n) is 5.12. The number of hydrogen-bond donors (Lipinski definition) is 1. The number of morpholine rings is 1. The molecule has 2 saturated heterocycles. The van der Waals surface area contributed by atoms with Gasteiger partial charge in [-0.2, -0.15) is 0 Å². The number of ether oxygens (including phenoxy) is 1. The minimum absolute atomic E-state index is 0.000227. The van der Waals surface area contributed by atoms with Gasteiger partial charge in [0.25, 0.3) is 5.91 Å². The van der Waals surface area contributed by atoms with Crippen LogP contribution in [-0.4, -0.2) is 49.6 Å². The van der Waals surface area contributed by atoms with Gasteiger partial charge in [0.1, 0.15) is 6.10 Å². The van der Waals surface area contributed by atoms with Gasteiger partial charge in [0.05, 0.1) is 13.2 Å². The summed E-state index contributed by atoms with van der Waals surface area (Å²) in [6.07, 6.45) is -0.0995. The SMILES string of the molecule is Cc1cc(C(=O)N2CCO[C@H](c3ccccc3)C2)ccc1N1CCNC1=O. The van der Waals surface area contributed by atoms with Crippen molar-refractivity contribution in [1.29, 1.82) is 0 Å². The Morgan fingerprint density at radius 2 is 1.96 bits per heavy atom. The molecule has 2 fully saturated rings. The molecule has 2 heterocycles. The van der Waals surface area contributed by atoms with E-state index in [-0.39, 0.29) is 18.0 Å². The lowest BCUT2D eigenvalue weighted by molar-refractivity contribution is -0.0228. The minimum atomic E-state index is -0.0995. The third kappa shape index (κ3) is 3.53. The van der Waals surface area contributed by atoms with Crippen molar-refractivity contribution in [3.63, 3.8) is 0 Å². The quantitative estimate of drug-likeness (QED) is 0.910. The van der Waals surface area contributed by atoms with Gasteiger partial charge < -0.3 is 15.0 Å². The van der Waals surface area contributed by atoms with E-state index in [1.165, 1.54) is 0 Å². The van der Waals surface area contributed by atoms with E-state index in [2.05, 4.69) is 5.32 Å². The maximum atomic E-state index is 13.0. The largest absolute Gasteiger partial charge is 0.370 e. The number of amides is 3. The number of urea groups is 1. The van der Waals surface area contributed by atoms with Crippen LogP contribution in [0.1, 0.15) is 27.6 Å². The summed E-state index contributed by atoms with van der Waals surface area (Å²) < 4.78 is 5.86. The Kier molecular flexibility index (Phi) is 4.81. The van der Waals surface area contributed by atoms with Gasteiger partial charge in [0, 0.05) is 30.9 Å². The van der Waals surface area contributed by atoms with Gasteiger partial charge in [-0.05, 0) is 36.2 Å². The lowest BCUT2D eigenvalue weighted by Gasteiger charge is -2.33. The summed E-state index contributed by atoms with van der Waals surface area (Å²) in [5, 5.41) is 2.80. The van der Waals surface area contributed by atoms with Crippen LogP contribution < -0.4 is 10.2 Å². The smallest absolute Gasteiger partial charge is 0.322 e. The van der Waals surface area contributed by atoms with Gasteiger partial charge in [-0.1, -0.05) is 30.3 Å². The van der Waals surface area contributed by atoms with E-state index in [1.54, 1.807) is 4.90 Å². The molecule has 0 aromatic heterocycles. The molecule has 3 amide bonds. The second-order valence-electron chi connectivity index (χ2n) is 6.91. The van der Waals surface area contributed by atoms with Crippen LogP contribution in [0.2, 0.25) is 0 Å². The molecular formula is C21H23N3O3. The Bertz CT molecular complexity index is 853. The number of aryl methyl sites for hydroxylation is 1. The first-order valence-electron chi connectivity index (χ1n) is 9.25. The van der Waals surface area contributed by atoms with Crippen molar-refractivity contribution < 1.29 is 14.3 Å². The Labute approximate surface area is 158 Å². The molecular weight excluding hydrogens is 342 g/mol. The summed E-state index contributed by atoms with van der Waals surface area (Å²) in [7, 11) is 0. The summed E-state index contributed by atoms with van der Waals surface area (Å²) in [5.41, 5.74) is 3.50. The van der Waals surface area contributed by atoms with Crippen molar-refractivity contribution in [2.75, 3.05) is 37.7 Å². The van der Waals surface area contributed by atoms with Crippen molar-refractivity contribution in [3.8, 4) is 0 Å². The van der Waals surface area contributed by atoms with Gasteiger partial charge in [0.2, 0.25) is 0 Å². The normalized spacial score (nSPS) is 19.9. The standard InChI is InChI=1S/C21H23N3O3/c1-15-13-17(7-8-18(15)24-10-9-22-21(24)26)20(25)23-11-12-27-19(14-23)16-5-3-2-4-6-16/h2-8,13,19H,9-12,14H2,1H3,(H,22,26)/t19-/m0/s1. The summed E-state index contributed by atoms with van der Waals surface area (Å²) in [4.78, 5) is 28.5. The fourth-order valence-electron chi connectivity index (χ4n) is 3.68. The molecule has 6 nitrogen and oxygen atoms in total. The Hall–Kier alpha value is -2.86. The number of nitrogens with zero attached hydrogens (tertiary/aromatic N) is 2.